The van der Waals surface area contributed by atoms with Gasteiger partial charge in [-0.15, -0.1) is 11.3 Å². The van der Waals surface area contributed by atoms with Gasteiger partial charge >= 0.3 is 6.09 Å². The van der Waals surface area contributed by atoms with E-state index in [0.29, 0.717) is 49.5 Å². The van der Waals surface area contributed by atoms with Gasteiger partial charge in [-0.25, -0.2) is 9.78 Å². The van der Waals surface area contributed by atoms with Gasteiger partial charge < -0.3 is 19.5 Å². The molecule has 1 N–H and O–H groups in total. The number of hydrogen-bond acceptors (Lipinski definition) is 7. The van der Waals surface area contributed by atoms with E-state index in [1.165, 1.54) is 11.3 Å². The molecule has 0 saturated carbocycles. The number of ether oxygens (including phenoxy) is 1. The van der Waals surface area contributed by atoms with E-state index in [2.05, 4.69) is 21.4 Å². The summed E-state index contributed by atoms with van der Waals surface area (Å²) in [6.07, 6.45) is 9.62. The third-order valence-electron chi connectivity index (χ3n) is 5.18. The van der Waals surface area contributed by atoms with Crippen LogP contribution in [0, 0.1) is 11.3 Å². The van der Waals surface area contributed by atoms with Gasteiger partial charge in [0, 0.05) is 42.6 Å². The number of rotatable bonds is 7. The maximum atomic E-state index is 12.4. The van der Waals surface area contributed by atoms with Crippen LogP contribution in [0.2, 0.25) is 0 Å². The molecule has 32 heavy (non-hydrogen) atoms. The van der Waals surface area contributed by atoms with E-state index in [4.69, 9.17) is 4.74 Å². The van der Waals surface area contributed by atoms with Crippen molar-refractivity contribution < 1.29 is 14.3 Å². The lowest BCUT2D eigenvalue weighted by atomic mass is 10.0. The molecule has 0 aliphatic carbocycles. The van der Waals surface area contributed by atoms with Crippen molar-refractivity contribution in [1.29, 1.82) is 5.26 Å². The minimum Gasteiger partial charge on any atom is -0.448 e. The topological polar surface area (TPSA) is 113 Å². The smallest absolute Gasteiger partial charge is 0.410 e. The number of thiophene rings is 1. The van der Waals surface area contributed by atoms with Crippen molar-refractivity contribution >= 4 is 28.3 Å². The summed E-state index contributed by atoms with van der Waals surface area (Å²) in [7, 11) is 0. The lowest BCUT2D eigenvalue weighted by molar-refractivity contribution is -0.116. The number of amides is 2. The molecule has 0 unspecified atom stereocenters. The third kappa shape index (κ3) is 5.12. The first-order chi connectivity index (χ1) is 15.6. The molecule has 10 heteroatoms. The van der Waals surface area contributed by atoms with Gasteiger partial charge in [-0.3, -0.25) is 9.78 Å². The van der Waals surface area contributed by atoms with Gasteiger partial charge in [-0.1, -0.05) is 6.07 Å². The summed E-state index contributed by atoms with van der Waals surface area (Å²) >= 11 is 1.35. The van der Waals surface area contributed by atoms with E-state index in [0.717, 1.165) is 16.0 Å². The minimum absolute atomic E-state index is 0.153. The molecule has 1 aliphatic rings. The Morgan fingerprint density at radius 2 is 2.22 bits per heavy atom. The van der Waals surface area contributed by atoms with Crippen LogP contribution in [0.15, 0.2) is 43.2 Å². The summed E-state index contributed by atoms with van der Waals surface area (Å²) in [5, 5.41) is 13.1. The fourth-order valence-corrected chi connectivity index (χ4v) is 4.74. The molecule has 0 spiro atoms. The number of pyridine rings is 1. The van der Waals surface area contributed by atoms with E-state index < -0.39 is 0 Å². The van der Waals surface area contributed by atoms with E-state index in [9.17, 15) is 14.9 Å². The number of carbonyl (C=O) groups is 2. The first-order valence-electron chi connectivity index (χ1n) is 10.2. The maximum absolute atomic E-state index is 12.4. The van der Waals surface area contributed by atoms with E-state index >= 15 is 0 Å². The molecular formula is C22H22N6O3S. The second-order valence-corrected chi connectivity index (χ2v) is 8.42. The molecule has 164 valence electrons. The average Bonchev–Trinajstić information content (AvgIpc) is 3.45. The molecule has 0 atom stereocenters. The van der Waals surface area contributed by atoms with Crippen molar-refractivity contribution in [1.82, 2.24) is 19.4 Å². The summed E-state index contributed by atoms with van der Waals surface area (Å²) in [6.45, 7) is 1.63. The average molecular weight is 451 g/mol. The zero-order chi connectivity index (χ0) is 22.3. The van der Waals surface area contributed by atoms with Gasteiger partial charge in [0.05, 0.1) is 25.0 Å². The highest BCUT2D eigenvalue weighted by Gasteiger charge is 2.28. The predicted molar refractivity (Wildman–Crippen MR) is 118 cm³/mol. The van der Waals surface area contributed by atoms with Crippen LogP contribution >= 0.6 is 11.3 Å². The second kappa shape index (κ2) is 10.1. The molecule has 4 heterocycles. The highest BCUT2D eigenvalue weighted by Crippen LogP contribution is 2.36. The number of anilines is 1. The normalized spacial score (nSPS) is 12.7. The van der Waals surface area contributed by atoms with Gasteiger partial charge in [0.1, 0.15) is 17.7 Å². The van der Waals surface area contributed by atoms with Crippen molar-refractivity contribution in [2.24, 2.45) is 0 Å². The molecule has 9 nitrogen and oxygen atoms in total. The van der Waals surface area contributed by atoms with Gasteiger partial charge in [-0.2, -0.15) is 5.26 Å². The summed E-state index contributed by atoms with van der Waals surface area (Å²) in [4.78, 5) is 35.4. The Morgan fingerprint density at radius 3 is 2.97 bits per heavy atom. The van der Waals surface area contributed by atoms with Crippen molar-refractivity contribution in [3.05, 3.63) is 64.8 Å². The van der Waals surface area contributed by atoms with Crippen LogP contribution in [0.1, 0.15) is 28.0 Å². The number of nitriles is 1. The van der Waals surface area contributed by atoms with E-state index in [-0.39, 0.29) is 18.6 Å². The number of nitrogens with one attached hydrogen (secondary N) is 1. The molecule has 0 saturated heterocycles. The number of aromatic nitrogens is 3. The van der Waals surface area contributed by atoms with Gasteiger partial charge in [0.25, 0.3) is 0 Å². The maximum Gasteiger partial charge on any atom is 0.410 e. The Labute approximate surface area is 189 Å². The molecule has 3 aromatic heterocycles. The van der Waals surface area contributed by atoms with Crippen molar-refractivity contribution in [2.45, 2.75) is 32.4 Å². The fraction of sp³-hybridized carbons (Fsp3) is 0.318. The van der Waals surface area contributed by atoms with Crippen LogP contribution in [0.3, 0.4) is 0 Å². The van der Waals surface area contributed by atoms with Crippen molar-refractivity contribution in [3.8, 4) is 6.07 Å². The molecule has 4 rings (SSSR count). The van der Waals surface area contributed by atoms with Crippen LogP contribution in [0.4, 0.5) is 9.80 Å². The highest BCUT2D eigenvalue weighted by atomic mass is 32.1. The SMILES string of the molecule is N#Cc1c(NC(=O)CCc2cccnc2)sc2c1CCN(C(=O)OCCn1ccnc1)C2. The fourth-order valence-electron chi connectivity index (χ4n) is 3.51. The van der Waals surface area contributed by atoms with Gasteiger partial charge in [0.15, 0.2) is 0 Å². The summed E-state index contributed by atoms with van der Waals surface area (Å²) in [5.41, 5.74) is 2.38. The third-order valence-corrected chi connectivity index (χ3v) is 6.31. The zero-order valence-corrected chi connectivity index (χ0v) is 18.2. The Morgan fingerprint density at radius 1 is 1.31 bits per heavy atom. The lowest BCUT2D eigenvalue weighted by Gasteiger charge is -2.26. The van der Waals surface area contributed by atoms with Crippen molar-refractivity contribution in [2.75, 3.05) is 18.5 Å². The standard InChI is InChI=1S/C22H22N6O3S/c23-12-18-17-5-8-28(22(30)31-11-10-27-9-7-25-15-27)14-19(17)32-21(18)26-20(29)4-3-16-2-1-6-24-13-16/h1-2,6-7,9,13,15H,3-5,8,10-11,14H2,(H,26,29). The molecule has 3 aromatic rings. The first kappa shape index (κ1) is 21.5. The van der Waals surface area contributed by atoms with Crippen LogP contribution < -0.4 is 5.32 Å². The molecule has 0 aromatic carbocycles. The summed E-state index contributed by atoms with van der Waals surface area (Å²) < 4.78 is 7.21. The first-order valence-corrected chi connectivity index (χ1v) is 11.1. The Bertz CT molecular complexity index is 1120. The number of hydrogen-bond donors (Lipinski definition) is 1. The van der Waals surface area contributed by atoms with Gasteiger partial charge in [-0.05, 0) is 30.0 Å². The Hall–Kier alpha value is -3.71. The lowest BCUT2D eigenvalue weighted by Crippen LogP contribution is -2.36. The van der Waals surface area contributed by atoms with Crippen LogP contribution in [0.5, 0.6) is 0 Å². The number of carbonyl (C=O) groups excluding carboxylic acids is 2. The molecular weight excluding hydrogens is 428 g/mol. The monoisotopic (exact) mass is 450 g/mol. The zero-order valence-electron chi connectivity index (χ0n) is 17.4. The van der Waals surface area contributed by atoms with E-state index in [1.807, 2.05) is 22.9 Å². The Balaban J connectivity index is 1.34. The quantitative estimate of drug-likeness (QED) is 0.592. The highest BCUT2D eigenvalue weighted by molar-refractivity contribution is 7.16. The second-order valence-electron chi connectivity index (χ2n) is 7.32. The molecule has 2 amide bonds. The number of nitrogens with zero attached hydrogens (tertiary/aromatic N) is 5. The van der Waals surface area contributed by atoms with Crippen molar-refractivity contribution in [3.63, 3.8) is 0 Å². The minimum atomic E-state index is -0.385. The summed E-state index contributed by atoms with van der Waals surface area (Å²) in [5.74, 6) is -0.153. The van der Waals surface area contributed by atoms with Crippen LogP contribution in [-0.4, -0.2) is 44.6 Å². The van der Waals surface area contributed by atoms with Gasteiger partial charge in [0.2, 0.25) is 5.91 Å². The molecule has 0 bridgehead atoms. The summed E-state index contributed by atoms with van der Waals surface area (Å²) in [6, 6.07) is 5.98. The Kier molecular flexibility index (Phi) is 6.77. The largest absolute Gasteiger partial charge is 0.448 e. The number of imidazole rings is 1. The van der Waals surface area contributed by atoms with Crippen LogP contribution in [-0.2, 0) is 35.5 Å². The predicted octanol–water partition coefficient (Wildman–Crippen LogP) is 2.98. The number of aryl methyl sites for hydroxylation is 1. The van der Waals surface area contributed by atoms with Crippen LogP contribution in [0.25, 0.3) is 0 Å². The molecule has 0 fully saturated rings. The molecule has 0 radical (unpaired) electrons. The number of fused-ring (bicyclic) bond motifs is 1. The molecule has 1 aliphatic heterocycles. The van der Waals surface area contributed by atoms with E-state index in [1.54, 1.807) is 29.8 Å².